The lowest BCUT2D eigenvalue weighted by Crippen LogP contribution is -2.14. The molecule has 2 aromatic rings. The molecule has 1 aliphatic heterocycles. The maximum absolute atomic E-state index is 4.28. The summed E-state index contributed by atoms with van der Waals surface area (Å²) in [5, 5.41) is 6.41. The van der Waals surface area contributed by atoms with Gasteiger partial charge in [0.25, 0.3) is 0 Å². The summed E-state index contributed by atoms with van der Waals surface area (Å²) in [7, 11) is 0. The summed E-state index contributed by atoms with van der Waals surface area (Å²) in [6.07, 6.45) is 3.95. The molecule has 1 heterocycles. The standard InChI is InChI=1S/C17H19N3/c1-3-8-15(9-4-1)10-7-13-18-19-20-14-17(20)16-11-5-2-6-12-16/h1-6,8-9,11-13,17,19H,7,10,14H2/b18-13+. The number of hydrazone groups is 1. The van der Waals surface area contributed by atoms with Crippen molar-refractivity contribution in [3.8, 4) is 0 Å². The molecule has 0 aromatic heterocycles. The van der Waals surface area contributed by atoms with Crippen LogP contribution in [0.3, 0.4) is 0 Å². The van der Waals surface area contributed by atoms with Gasteiger partial charge in [0, 0.05) is 12.8 Å². The molecule has 3 nitrogen and oxygen atoms in total. The molecule has 1 fully saturated rings. The minimum atomic E-state index is 0.475. The zero-order valence-electron chi connectivity index (χ0n) is 11.4. The van der Waals surface area contributed by atoms with Crippen molar-refractivity contribution in [2.45, 2.75) is 18.9 Å². The van der Waals surface area contributed by atoms with Gasteiger partial charge < -0.3 is 0 Å². The summed E-state index contributed by atoms with van der Waals surface area (Å²) in [6.45, 7) is 1.03. The van der Waals surface area contributed by atoms with Crippen LogP contribution in [0.4, 0.5) is 0 Å². The highest BCUT2D eigenvalue weighted by Crippen LogP contribution is 2.31. The number of hydrogen-bond acceptors (Lipinski definition) is 3. The van der Waals surface area contributed by atoms with Crippen LogP contribution in [-0.2, 0) is 6.42 Å². The van der Waals surface area contributed by atoms with Crippen molar-refractivity contribution in [3.05, 3.63) is 71.8 Å². The van der Waals surface area contributed by atoms with Crippen molar-refractivity contribution in [1.82, 2.24) is 10.5 Å². The van der Waals surface area contributed by atoms with Gasteiger partial charge in [-0.1, -0.05) is 60.7 Å². The Hall–Kier alpha value is -2.13. The van der Waals surface area contributed by atoms with Crippen LogP contribution in [0.1, 0.15) is 23.6 Å². The van der Waals surface area contributed by atoms with Gasteiger partial charge in [-0.05, 0) is 24.0 Å². The Labute approximate surface area is 119 Å². The van der Waals surface area contributed by atoms with Gasteiger partial charge in [0.15, 0.2) is 0 Å². The largest absolute Gasteiger partial charge is 0.240 e. The van der Waals surface area contributed by atoms with E-state index in [0.29, 0.717) is 6.04 Å². The minimum absolute atomic E-state index is 0.475. The fraction of sp³-hybridized carbons (Fsp3) is 0.235. The molecular weight excluding hydrogens is 246 g/mol. The van der Waals surface area contributed by atoms with E-state index in [4.69, 9.17) is 0 Å². The van der Waals surface area contributed by atoms with Crippen LogP contribution in [0.15, 0.2) is 65.8 Å². The van der Waals surface area contributed by atoms with Crippen molar-refractivity contribution in [3.63, 3.8) is 0 Å². The SMILES string of the molecule is C(/CCc1ccccc1)=N\NN1CC1c1ccccc1. The summed E-state index contributed by atoms with van der Waals surface area (Å²) in [6, 6.07) is 21.5. The number of rotatable bonds is 6. The molecule has 0 spiro atoms. The molecular formula is C17H19N3. The summed E-state index contributed by atoms with van der Waals surface area (Å²) < 4.78 is 0. The van der Waals surface area contributed by atoms with E-state index in [9.17, 15) is 0 Å². The summed E-state index contributed by atoms with van der Waals surface area (Å²) in [4.78, 5) is 0. The highest BCUT2D eigenvalue weighted by atomic mass is 15.7. The van der Waals surface area contributed by atoms with Gasteiger partial charge in [0.05, 0.1) is 6.04 Å². The Kier molecular flexibility index (Phi) is 4.09. The Morgan fingerprint density at radius 2 is 1.75 bits per heavy atom. The molecule has 1 N–H and O–H groups in total. The molecule has 1 aliphatic rings. The van der Waals surface area contributed by atoms with E-state index in [2.05, 4.69) is 64.2 Å². The zero-order chi connectivity index (χ0) is 13.6. The van der Waals surface area contributed by atoms with Crippen LogP contribution in [0.2, 0.25) is 0 Å². The normalized spacial score (nSPS) is 21.0. The summed E-state index contributed by atoms with van der Waals surface area (Å²) in [5.74, 6) is 0. The Morgan fingerprint density at radius 3 is 2.50 bits per heavy atom. The third-order valence-electron chi connectivity index (χ3n) is 3.48. The maximum Gasteiger partial charge on any atom is 0.0703 e. The topological polar surface area (TPSA) is 27.4 Å². The van der Waals surface area contributed by atoms with Crippen molar-refractivity contribution in [1.29, 1.82) is 0 Å². The van der Waals surface area contributed by atoms with Crippen LogP contribution < -0.4 is 5.53 Å². The van der Waals surface area contributed by atoms with Gasteiger partial charge in [0.2, 0.25) is 0 Å². The lowest BCUT2D eigenvalue weighted by atomic mass is 10.1. The average molecular weight is 265 g/mol. The van der Waals surface area contributed by atoms with Gasteiger partial charge in [0.1, 0.15) is 0 Å². The van der Waals surface area contributed by atoms with Crippen molar-refractivity contribution < 1.29 is 0 Å². The Balaban J connectivity index is 1.38. The van der Waals surface area contributed by atoms with Crippen molar-refractivity contribution >= 4 is 6.21 Å². The van der Waals surface area contributed by atoms with E-state index in [1.165, 1.54) is 11.1 Å². The van der Waals surface area contributed by atoms with Crippen LogP contribution in [-0.4, -0.2) is 17.8 Å². The molecule has 2 aromatic carbocycles. The van der Waals surface area contributed by atoms with Gasteiger partial charge in [-0.3, -0.25) is 0 Å². The van der Waals surface area contributed by atoms with E-state index in [1.807, 2.05) is 18.3 Å². The molecule has 2 atom stereocenters. The smallest absolute Gasteiger partial charge is 0.0703 e. The maximum atomic E-state index is 4.28. The predicted octanol–water partition coefficient (Wildman–Crippen LogP) is 3.17. The second kappa shape index (κ2) is 6.35. The number of benzene rings is 2. The number of nitrogens with zero attached hydrogens (tertiary/aromatic N) is 2. The first kappa shape index (κ1) is 12.9. The third-order valence-corrected chi connectivity index (χ3v) is 3.48. The number of nitrogens with one attached hydrogen (secondary N) is 1. The first-order valence-corrected chi connectivity index (χ1v) is 7.06. The number of hydrazine groups is 1. The molecule has 20 heavy (non-hydrogen) atoms. The first-order valence-electron chi connectivity index (χ1n) is 7.06. The van der Waals surface area contributed by atoms with Crippen molar-refractivity contribution in [2.24, 2.45) is 5.10 Å². The first-order chi connectivity index (χ1) is 9.93. The Bertz CT molecular complexity index is 551. The van der Waals surface area contributed by atoms with Gasteiger partial charge in [-0.25, -0.2) is 5.53 Å². The Morgan fingerprint density at radius 1 is 1.05 bits per heavy atom. The number of hydrogen-bond donors (Lipinski definition) is 1. The average Bonchev–Trinajstić information content (AvgIpc) is 3.28. The van der Waals surface area contributed by atoms with E-state index in [-0.39, 0.29) is 0 Å². The van der Waals surface area contributed by atoms with E-state index in [1.54, 1.807) is 0 Å². The van der Waals surface area contributed by atoms with Crippen LogP contribution >= 0.6 is 0 Å². The quantitative estimate of drug-likeness (QED) is 0.493. The second-order valence-corrected chi connectivity index (χ2v) is 5.01. The molecule has 0 saturated carbocycles. The minimum Gasteiger partial charge on any atom is -0.240 e. The van der Waals surface area contributed by atoms with Crippen molar-refractivity contribution in [2.75, 3.05) is 6.54 Å². The molecule has 0 aliphatic carbocycles. The van der Waals surface area contributed by atoms with E-state index < -0.39 is 0 Å². The lowest BCUT2D eigenvalue weighted by Gasteiger charge is -2.02. The molecule has 1 saturated heterocycles. The molecule has 0 bridgehead atoms. The fourth-order valence-electron chi connectivity index (χ4n) is 2.27. The predicted molar refractivity (Wildman–Crippen MR) is 82.3 cm³/mol. The third kappa shape index (κ3) is 3.45. The van der Waals surface area contributed by atoms with Gasteiger partial charge in [-0.15, -0.1) is 0 Å². The van der Waals surface area contributed by atoms with E-state index >= 15 is 0 Å². The summed E-state index contributed by atoms with van der Waals surface area (Å²) >= 11 is 0. The van der Waals surface area contributed by atoms with Crippen LogP contribution in [0, 0.1) is 0 Å². The molecule has 2 unspecified atom stereocenters. The fourth-order valence-corrected chi connectivity index (χ4v) is 2.27. The van der Waals surface area contributed by atoms with Gasteiger partial charge in [-0.2, -0.15) is 10.1 Å². The zero-order valence-corrected chi connectivity index (χ0v) is 11.4. The van der Waals surface area contributed by atoms with Crippen LogP contribution in [0.25, 0.3) is 0 Å². The molecule has 102 valence electrons. The highest BCUT2D eigenvalue weighted by Gasteiger charge is 2.35. The lowest BCUT2D eigenvalue weighted by molar-refractivity contribution is 0.387. The second-order valence-electron chi connectivity index (χ2n) is 5.01. The molecule has 3 rings (SSSR count). The molecule has 0 radical (unpaired) electrons. The monoisotopic (exact) mass is 265 g/mol. The number of aryl methyl sites for hydroxylation is 1. The summed E-state index contributed by atoms with van der Waals surface area (Å²) in [5.41, 5.74) is 5.80. The molecule has 0 amide bonds. The van der Waals surface area contributed by atoms with Crippen LogP contribution in [0.5, 0.6) is 0 Å². The molecule has 3 heteroatoms. The highest BCUT2D eigenvalue weighted by molar-refractivity contribution is 5.57. The van der Waals surface area contributed by atoms with E-state index in [0.717, 1.165) is 19.4 Å². The van der Waals surface area contributed by atoms with Gasteiger partial charge >= 0.3 is 0 Å².